The molecule has 0 aromatic carbocycles. The molecule has 1 aromatic rings. The van der Waals surface area contributed by atoms with Crippen LogP contribution in [0.2, 0.25) is 0 Å². The molecule has 6 nitrogen and oxygen atoms in total. The standard InChI is InChI=1S/C15H24N4O2/c1-2-4-13-7-14(18-11-17-13)19-6-3-5-12(10-19)8-16-9-15(20)21/h7,11-12,16H,2-6,8-10H2,1H3,(H,20,21). The first-order valence-electron chi connectivity index (χ1n) is 7.67. The number of carbonyl (C=O) groups is 1. The van der Waals surface area contributed by atoms with Crippen molar-refractivity contribution in [3.05, 3.63) is 18.1 Å². The molecule has 0 aliphatic carbocycles. The number of aliphatic carboxylic acids is 1. The molecule has 2 rings (SSSR count). The van der Waals surface area contributed by atoms with Gasteiger partial charge in [-0.1, -0.05) is 13.3 Å². The van der Waals surface area contributed by atoms with Gasteiger partial charge in [-0.05, 0) is 25.2 Å². The van der Waals surface area contributed by atoms with Crippen LogP contribution in [0.15, 0.2) is 12.4 Å². The number of aryl methyl sites for hydroxylation is 1. The van der Waals surface area contributed by atoms with E-state index in [1.165, 1.54) is 0 Å². The number of rotatable bonds is 7. The molecule has 21 heavy (non-hydrogen) atoms. The number of nitrogens with zero attached hydrogens (tertiary/aromatic N) is 3. The Labute approximate surface area is 125 Å². The number of anilines is 1. The Balaban J connectivity index is 1.90. The molecule has 0 amide bonds. The van der Waals surface area contributed by atoms with E-state index >= 15 is 0 Å². The van der Waals surface area contributed by atoms with Crippen LogP contribution in [-0.2, 0) is 11.2 Å². The Morgan fingerprint density at radius 2 is 2.38 bits per heavy atom. The number of piperidine rings is 1. The molecule has 0 saturated carbocycles. The summed E-state index contributed by atoms with van der Waals surface area (Å²) in [5.41, 5.74) is 1.09. The van der Waals surface area contributed by atoms with Crippen molar-refractivity contribution in [3.8, 4) is 0 Å². The Morgan fingerprint density at radius 1 is 1.52 bits per heavy atom. The highest BCUT2D eigenvalue weighted by atomic mass is 16.4. The first-order chi connectivity index (χ1) is 10.2. The zero-order valence-electron chi connectivity index (χ0n) is 12.6. The fourth-order valence-corrected chi connectivity index (χ4v) is 2.77. The zero-order valence-corrected chi connectivity index (χ0v) is 12.6. The van der Waals surface area contributed by atoms with Gasteiger partial charge in [0.2, 0.25) is 0 Å². The molecule has 1 saturated heterocycles. The van der Waals surface area contributed by atoms with Crippen molar-refractivity contribution in [3.63, 3.8) is 0 Å². The average molecular weight is 292 g/mol. The summed E-state index contributed by atoms with van der Waals surface area (Å²) >= 11 is 0. The summed E-state index contributed by atoms with van der Waals surface area (Å²) in [5.74, 6) is 0.668. The molecule has 116 valence electrons. The molecule has 0 radical (unpaired) electrons. The zero-order chi connectivity index (χ0) is 15.1. The van der Waals surface area contributed by atoms with Crippen LogP contribution in [0.1, 0.15) is 31.9 Å². The van der Waals surface area contributed by atoms with Gasteiger partial charge in [-0.25, -0.2) is 9.97 Å². The van der Waals surface area contributed by atoms with Gasteiger partial charge in [-0.3, -0.25) is 4.79 Å². The lowest BCUT2D eigenvalue weighted by atomic mass is 9.98. The third-order valence-electron chi connectivity index (χ3n) is 3.77. The minimum atomic E-state index is -0.803. The first kappa shape index (κ1) is 15.7. The highest BCUT2D eigenvalue weighted by Crippen LogP contribution is 2.21. The quantitative estimate of drug-likeness (QED) is 0.789. The predicted octanol–water partition coefficient (Wildman–Crippen LogP) is 1.32. The third-order valence-corrected chi connectivity index (χ3v) is 3.77. The SMILES string of the molecule is CCCc1cc(N2CCCC(CNCC(=O)O)C2)ncn1. The Morgan fingerprint density at radius 3 is 3.14 bits per heavy atom. The Kier molecular flexibility index (Phi) is 5.92. The minimum absolute atomic E-state index is 0.0324. The number of nitrogens with one attached hydrogen (secondary N) is 1. The largest absolute Gasteiger partial charge is 0.480 e. The van der Waals surface area contributed by atoms with E-state index in [2.05, 4.69) is 33.2 Å². The fraction of sp³-hybridized carbons (Fsp3) is 0.667. The molecule has 2 N–H and O–H groups in total. The van der Waals surface area contributed by atoms with Crippen molar-refractivity contribution in [2.45, 2.75) is 32.6 Å². The van der Waals surface area contributed by atoms with Gasteiger partial charge in [0, 0.05) is 31.4 Å². The number of hydrogen-bond donors (Lipinski definition) is 2. The second kappa shape index (κ2) is 7.93. The summed E-state index contributed by atoms with van der Waals surface area (Å²) in [6.07, 6.45) is 5.96. The number of carboxylic acid groups (broad SMARTS) is 1. The molecule has 1 aromatic heterocycles. The molecule has 0 bridgehead atoms. The fourth-order valence-electron chi connectivity index (χ4n) is 2.77. The highest BCUT2D eigenvalue weighted by molar-refractivity contribution is 5.68. The van der Waals surface area contributed by atoms with Gasteiger partial charge in [0.25, 0.3) is 0 Å². The van der Waals surface area contributed by atoms with E-state index in [1.807, 2.05) is 0 Å². The van der Waals surface area contributed by atoms with E-state index in [1.54, 1.807) is 6.33 Å². The van der Waals surface area contributed by atoms with Gasteiger partial charge in [0.15, 0.2) is 0 Å². The summed E-state index contributed by atoms with van der Waals surface area (Å²) in [5, 5.41) is 11.7. The molecule has 1 atom stereocenters. The molecule has 2 heterocycles. The molecular weight excluding hydrogens is 268 g/mol. The smallest absolute Gasteiger partial charge is 0.317 e. The van der Waals surface area contributed by atoms with Crippen molar-refractivity contribution in [1.82, 2.24) is 15.3 Å². The van der Waals surface area contributed by atoms with Crippen molar-refractivity contribution >= 4 is 11.8 Å². The number of carboxylic acids is 1. The molecule has 1 fully saturated rings. The monoisotopic (exact) mass is 292 g/mol. The van der Waals surface area contributed by atoms with E-state index in [0.717, 1.165) is 56.8 Å². The van der Waals surface area contributed by atoms with Crippen LogP contribution in [0, 0.1) is 5.92 Å². The van der Waals surface area contributed by atoms with Crippen LogP contribution in [0.5, 0.6) is 0 Å². The van der Waals surface area contributed by atoms with Crippen LogP contribution >= 0.6 is 0 Å². The Bertz CT molecular complexity index is 467. The number of hydrogen-bond acceptors (Lipinski definition) is 5. The van der Waals surface area contributed by atoms with Crippen molar-refractivity contribution in [1.29, 1.82) is 0 Å². The maximum Gasteiger partial charge on any atom is 0.317 e. The summed E-state index contributed by atoms with van der Waals surface area (Å²) < 4.78 is 0. The van der Waals surface area contributed by atoms with E-state index < -0.39 is 5.97 Å². The molecule has 6 heteroatoms. The molecule has 0 spiro atoms. The number of aromatic nitrogens is 2. The topological polar surface area (TPSA) is 78.4 Å². The molecule has 1 aliphatic rings. The second-order valence-electron chi connectivity index (χ2n) is 5.60. The highest BCUT2D eigenvalue weighted by Gasteiger charge is 2.21. The molecule has 1 unspecified atom stereocenters. The van der Waals surface area contributed by atoms with Crippen LogP contribution in [0.4, 0.5) is 5.82 Å². The van der Waals surface area contributed by atoms with Crippen LogP contribution in [-0.4, -0.2) is 47.2 Å². The minimum Gasteiger partial charge on any atom is -0.480 e. The lowest BCUT2D eigenvalue weighted by molar-refractivity contribution is -0.136. The normalized spacial score (nSPS) is 18.7. The van der Waals surface area contributed by atoms with Crippen molar-refractivity contribution < 1.29 is 9.90 Å². The summed E-state index contributed by atoms with van der Waals surface area (Å²) in [6, 6.07) is 2.08. The summed E-state index contributed by atoms with van der Waals surface area (Å²) in [7, 11) is 0. The summed E-state index contributed by atoms with van der Waals surface area (Å²) in [4.78, 5) is 21.5. The maximum atomic E-state index is 10.5. The van der Waals surface area contributed by atoms with Gasteiger partial charge in [0.1, 0.15) is 12.1 Å². The third kappa shape index (κ3) is 4.97. The van der Waals surface area contributed by atoms with E-state index in [9.17, 15) is 4.79 Å². The van der Waals surface area contributed by atoms with Crippen LogP contribution < -0.4 is 10.2 Å². The summed E-state index contributed by atoms with van der Waals surface area (Å²) in [6.45, 7) is 4.86. The van der Waals surface area contributed by atoms with Crippen LogP contribution in [0.25, 0.3) is 0 Å². The van der Waals surface area contributed by atoms with Gasteiger partial charge >= 0.3 is 5.97 Å². The molecule has 1 aliphatic heterocycles. The van der Waals surface area contributed by atoms with Gasteiger partial charge in [-0.2, -0.15) is 0 Å². The van der Waals surface area contributed by atoms with Gasteiger partial charge in [-0.15, -0.1) is 0 Å². The van der Waals surface area contributed by atoms with Crippen molar-refractivity contribution in [2.24, 2.45) is 5.92 Å². The first-order valence-corrected chi connectivity index (χ1v) is 7.67. The second-order valence-corrected chi connectivity index (χ2v) is 5.60. The van der Waals surface area contributed by atoms with E-state index in [0.29, 0.717) is 5.92 Å². The van der Waals surface area contributed by atoms with Crippen molar-refractivity contribution in [2.75, 3.05) is 31.1 Å². The van der Waals surface area contributed by atoms with Crippen LogP contribution in [0.3, 0.4) is 0 Å². The maximum absolute atomic E-state index is 10.5. The van der Waals surface area contributed by atoms with Gasteiger partial charge < -0.3 is 15.3 Å². The Hall–Kier alpha value is -1.69. The molecular formula is C15H24N4O2. The average Bonchev–Trinajstić information content (AvgIpc) is 2.48. The van der Waals surface area contributed by atoms with Gasteiger partial charge in [0.05, 0.1) is 6.54 Å². The lowest BCUT2D eigenvalue weighted by Gasteiger charge is -2.33. The van der Waals surface area contributed by atoms with E-state index in [-0.39, 0.29) is 6.54 Å². The lowest BCUT2D eigenvalue weighted by Crippen LogP contribution is -2.41. The van der Waals surface area contributed by atoms with E-state index in [4.69, 9.17) is 5.11 Å². The predicted molar refractivity (Wildman–Crippen MR) is 81.5 cm³/mol.